The van der Waals surface area contributed by atoms with E-state index in [1.54, 1.807) is 0 Å². The third kappa shape index (κ3) is 8.12. The largest absolute Gasteiger partial charge is 0.0925 e. The molecule has 0 saturated carbocycles. The van der Waals surface area contributed by atoms with Crippen LogP contribution in [-0.4, -0.2) is 5.33 Å². The molecule has 0 rings (SSSR count). The normalized spacial score (nSPS) is 12.6. The van der Waals surface area contributed by atoms with Crippen molar-refractivity contribution in [1.29, 1.82) is 0 Å². The average molecular weight is 219 g/mol. The lowest BCUT2D eigenvalue weighted by molar-refractivity contribution is 0.584. The van der Waals surface area contributed by atoms with Crippen molar-refractivity contribution >= 4 is 15.9 Å². The Kier molecular flexibility index (Phi) is 7.04. The fourth-order valence-corrected chi connectivity index (χ4v) is 1.15. The number of rotatable bonds is 5. The van der Waals surface area contributed by atoms with Crippen LogP contribution in [-0.2, 0) is 0 Å². The maximum Gasteiger partial charge on any atom is 0.00660 e. The Morgan fingerprint density at radius 1 is 1.45 bits per heavy atom. The highest BCUT2D eigenvalue weighted by molar-refractivity contribution is 9.09. The molecule has 0 unspecified atom stereocenters. The molecule has 0 atom stereocenters. The molecule has 1 heteroatoms. The Bertz CT molecular complexity index is 114. The summed E-state index contributed by atoms with van der Waals surface area (Å²) in [4.78, 5) is 0. The molecule has 0 aliphatic rings. The number of alkyl halides is 1. The predicted octanol–water partition coefficient (Wildman–Crippen LogP) is 4.15. The van der Waals surface area contributed by atoms with Crippen molar-refractivity contribution in [3.8, 4) is 0 Å². The second kappa shape index (κ2) is 6.90. The van der Waals surface area contributed by atoms with Crippen LogP contribution < -0.4 is 0 Å². The van der Waals surface area contributed by atoms with E-state index in [4.69, 9.17) is 0 Å². The number of hydrogen-bond donors (Lipinski definition) is 0. The maximum atomic E-state index is 3.41. The van der Waals surface area contributed by atoms with Gasteiger partial charge in [0.15, 0.2) is 0 Å². The molecule has 0 aromatic carbocycles. The van der Waals surface area contributed by atoms with Crippen molar-refractivity contribution in [3.63, 3.8) is 0 Å². The van der Waals surface area contributed by atoms with E-state index >= 15 is 0 Å². The summed E-state index contributed by atoms with van der Waals surface area (Å²) in [5.41, 5.74) is 1.54. The van der Waals surface area contributed by atoms with Crippen LogP contribution in [0.5, 0.6) is 0 Å². The minimum atomic E-state index is 0.835. The Hall–Kier alpha value is 0.220. The first-order valence-corrected chi connectivity index (χ1v) is 5.50. The summed E-state index contributed by atoms with van der Waals surface area (Å²) in [6.07, 6.45) is 6.09. The second-order valence-corrected chi connectivity index (χ2v) is 4.25. The van der Waals surface area contributed by atoms with Crippen LogP contribution in [0.4, 0.5) is 0 Å². The van der Waals surface area contributed by atoms with E-state index in [2.05, 4.69) is 42.8 Å². The van der Waals surface area contributed by atoms with Gasteiger partial charge in [0.25, 0.3) is 0 Å². The van der Waals surface area contributed by atoms with Gasteiger partial charge in [-0.05, 0) is 32.1 Å². The van der Waals surface area contributed by atoms with Crippen LogP contribution in [0, 0.1) is 5.92 Å². The van der Waals surface area contributed by atoms with Crippen LogP contribution in [0.15, 0.2) is 11.6 Å². The van der Waals surface area contributed by atoms with E-state index < -0.39 is 0 Å². The molecule has 0 amide bonds. The minimum Gasteiger partial charge on any atom is -0.0925 e. The second-order valence-electron chi connectivity index (χ2n) is 3.46. The SMILES string of the molecule is C/C(=C/CCBr)CCC(C)C. The molecule has 0 aromatic rings. The Labute approximate surface area is 79.2 Å². The van der Waals surface area contributed by atoms with Gasteiger partial charge in [0.2, 0.25) is 0 Å². The summed E-state index contributed by atoms with van der Waals surface area (Å²) in [7, 11) is 0. The molecule has 0 radical (unpaired) electrons. The van der Waals surface area contributed by atoms with E-state index in [0.29, 0.717) is 0 Å². The first kappa shape index (κ1) is 11.2. The molecular weight excluding hydrogens is 200 g/mol. The van der Waals surface area contributed by atoms with Crippen LogP contribution in [0.1, 0.15) is 40.0 Å². The summed E-state index contributed by atoms with van der Waals surface area (Å²) in [5, 5.41) is 1.09. The van der Waals surface area contributed by atoms with Gasteiger partial charge in [-0.1, -0.05) is 41.4 Å². The highest BCUT2D eigenvalue weighted by atomic mass is 79.9. The zero-order valence-corrected chi connectivity index (χ0v) is 9.45. The van der Waals surface area contributed by atoms with Gasteiger partial charge in [-0.3, -0.25) is 0 Å². The molecule has 0 saturated heterocycles. The number of halogens is 1. The molecule has 0 aliphatic heterocycles. The topological polar surface area (TPSA) is 0 Å². The molecule has 0 nitrogen and oxygen atoms in total. The first-order chi connectivity index (χ1) is 5.16. The summed E-state index contributed by atoms with van der Waals surface area (Å²) in [6.45, 7) is 6.78. The standard InChI is InChI=1S/C10H19Br/c1-9(2)6-7-10(3)5-4-8-11/h5,9H,4,6-8H2,1-3H3/b10-5-. The van der Waals surface area contributed by atoms with Crippen LogP contribution in [0.2, 0.25) is 0 Å². The van der Waals surface area contributed by atoms with Gasteiger partial charge in [-0.15, -0.1) is 0 Å². The van der Waals surface area contributed by atoms with E-state index in [1.807, 2.05) is 0 Å². The average Bonchev–Trinajstić information content (AvgIpc) is 1.97. The molecule has 0 aromatic heterocycles. The summed E-state index contributed by atoms with van der Waals surface area (Å²) >= 11 is 3.41. The molecule has 11 heavy (non-hydrogen) atoms. The van der Waals surface area contributed by atoms with Crippen LogP contribution in [0.3, 0.4) is 0 Å². The number of hydrogen-bond acceptors (Lipinski definition) is 0. The van der Waals surface area contributed by atoms with Gasteiger partial charge < -0.3 is 0 Å². The third-order valence-electron chi connectivity index (χ3n) is 1.72. The Morgan fingerprint density at radius 2 is 2.09 bits per heavy atom. The lowest BCUT2D eigenvalue weighted by Gasteiger charge is -2.03. The van der Waals surface area contributed by atoms with Gasteiger partial charge in [-0.25, -0.2) is 0 Å². The lowest BCUT2D eigenvalue weighted by atomic mass is 10.0. The van der Waals surface area contributed by atoms with Gasteiger partial charge in [0.05, 0.1) is 0 Å². The van der Waals surface area contributed by atoms with Gasteiger partial charge >= 0.3 is 0 Å². The van der Waals surface area contributed by atoms with Crippen molar-refractivity contribution in [2.24, 2.45) is 5.92 Å². The molecule has 0 N–H and O–H groups in total. The fourth-order valence-electron chi connectivity index (χ4n) is 0.919. The smallest absolute Gasteiger partial charge is 0.00660 e. The summed E-state index contributed by atoms with van der Waals surface area (Å²) in [5.74, 6) is 0.835. The molecule has 0 spiro atoms. The van der Waals surface area contributed by atoms with Crippen LogP contribution >= 0.6 is 15.9 Å². The lowest BCUT2D eigenvalue weighted by Crippen LogP contribution is -1.87. The zero-order valence-electron chi connectivity index (χ0n) is 7.86. The minimum absolute atomic E-state index is 0.835. The zero-order chi connectivity index (χ0) is 8.69. The Balaban J connectivity index is 3.42. The molecule has 0 aliphatic carbocycles. The van der Waals surface area contributed by atoms with Crippen molar-refractivity contribution in [2.45, 2.75) is 40.0 Å². The van der Waals surface area contributed by atoms with Crippen molar-refractivity contribution < 1.29 is 0 Å². The molecule has 0 fully saturated rings. The predicted molar refractivity (Wildman–Crippen MR) is 56.2 cm³/mol. The summed E-state index contributed by atoms with van der Waals surface area (Å²) < 4.78 is 0. The van der Waals surface area contributed by atoms with E-state index in [1.165, 1.54) is 24.8 Å². The van der Waals surface area contributed by atoms with E-state index in [0.717, 1.165) is 11.2 Å². The van der Waals surface area contributed by atoms with Gasteiger partial charge in [-0.2, -0.15) is 0 Å². The maximum absolute atomic E-state index is 3.41. The molecule has 0 heterocycles. The Morgan fingerprint density at radius 3 is 2.55 bits per heavy atom. The van der Waals surface area contributed by atoms with Crippen molar-refractivity contribution in [3.05, 3.63) is 11.6 Å². The first-order valence-electron chi connectivity index (χ1n) is 4.38. The third-order valence-corrected chi connectivity index (χ3v) is 2.18. The van der Waals surface area contributed by atoms with Gasteiger partial charge in [0.1, 0.15) is 0 Å². The van der Waals surface area contributed by atoms with E-state index in [-0.39, 0.29) is 0 Å². The van der Waals surface area contributed by atoms with Crippen molar-refractivity contribution in [2.75, 3.05) is 5.33 Å². The number of allylic oxidation sites excluding steroid dienone is 2. The molecular formula is C10H19Br. The van der Waals surface area contributed by atoms with Gasteiger partial charge in [0, 0.05) is 5.33 Å². The molecule has 66 valence electrons. The van der Waals surface area contributed by atoms with Crippen LogP contribution in [0.25, 0.3) is 0 Å². The quantitative estimate of drug-likeness (QED) is 0.481. The van der Waals surface area contributed by atoms with E-state index in [9.17, 15) is 0 Å². The van der Waals surface area contributed by atoms with Crippen molar-refractivity contribution in [1.82, 2.24) is 0 Å². The highest BCUT2D eigenvalue weighted by Crippen LogP contribution is 2.11. The fraction of sp³-hybridized carbons (Fsp3) is 0.800. The summed E-state index contributed by atoms with van der Waals surface area (Å²) in [6, 6.07) is 0. The monoisotopic (exact) mass is 218 g/mol. The highest BCUT2D eigenvalue weighted by Gasteiger charge is 1.94. The molecule has 0 bridgehead atoms.